The average molecular weight is 849 g/mol. The minimum atomic E-state index is -2.54. The molecule has 1 heterocycles. The Labute approximate surface area is 331 Å². The Morgan fingerprint density at radius 1 is 0.250 bits per heavy atom. The Morgan fingerprint density at radius 3 is 0.600 bits per heavy atom. The first kappa shape index (κ1) is 42.0. The van der Waals surface area contributed by atoms with E-state index in [-0.39, 0.29) is 17.1 Å². The molecule has 0 amide bonds. The molecule has 0 radical (unpaired) electrons. The van der Waals surface area contributed by atoms with E-state index in [0.717, 1.165) is 14.2 Å². The van der Waals surface area contributed by atoms with Crippen molar-refractivity contribution in [3.05, 3.63) is 195 Å². The van der Waals surface area contributed by atoms with Crippen molar-refractivity contribution < 1.29 is 65.9 Å². The van der Waals surface area contributed by atoms with Crippen molar-refractivity contribution in [2.45, 2.75) is 19.0 Å². The Morgan fingerprint density at radius 2 is 0.417 bits per heavy atom. The lowest BCUT2D eigenvalue weighted by Gasteiger charge is -2.57. The van der Waals surface area contributed by atoms with E-state index in [1.807, 2.05) is 0 Å². The summed E-state index contributed by atoms with van der Waals surface area (Å²) in [5.74, 6) is -36.0. The summed E-state index contributed by atoms with van der Waals surface area (Å²) in [4.78, 5) is 0. The maximum atomic E-state index is 15.7. The van der Waals surface area contributed by atoms with Crippen LogP contribution in [0.15, 0.2) is 91.0 Å². The fourth-order valence-electron chi connectivity index (χ4n) is 7.46. The molecule has 0 aromatic heterocycles. The van der Waals surface area contributed by atoms with Gasteiger partial charge in [0.05, 0.1) is 0 Å². The topological polar surface area (TPSA) is 9.72 Å². The second-order valence-corrected chi connectivity index (χ2v) is 13.4. The second kappa shape index (κ2) is 16.5. The van der Waals surface area contributed by atoms with Crippen LogP contribution in [0.2, 0.25) is 0 Å². The predicted octanol–water partition coefficient (Wildman–Crippen LogP) is 10.4. The number of anilines is 3. The summed E-state index contributed by atoms with van der Waals surface area (Å²) in [6.45, 7) is -5.87. The van der Waals surface area contributed by atoms with Gasteiger partial charge in [0, 0.05) is 33.8 Å². The van der Waals surface area contributed by atoms with Gasteiger partial charge in [-0.3, -0.25) is 0 Å². The highest BCUT2D eigenvalue weighted by atomic mass is 19.2. The zero-order valence-corrected chi connectivity index (χ0v) is 30.0. The molecule has 1 fully saturated rings. The van der Waals surface area contributed by atoms with Crippen LogP contribution in [0.4, 0.5) is 82.9 Å². The van der Waals surface area contributed by atoms with Gasteiger partial charge in [-0.2, -0.15) is 0 Å². The summed E-state index contributed by atoms with van der Waals surface area (Å²) >= 11 is 0. The lowest BCUT2D eigenvalue weighted by Crippen LogP contribution is -2.81. The smallest absolute Gasteiger partial charge is 0.357 e. The van der Waals surface area contributed by atoms with Crippen LogP contribution in [0.5, 0.6) is 0 Å². The zero-order chi connectivity index (χ0) is 43.3. The van der Waals surface area contributed by atoms with Gasteiger partial charge in [-0.25, -0.2) is 65.9 Å². The molecule has 0 N–H and O–H groups in total. The summed E-state index contributed by atoms with van der Waals surface area (Å²) in [5.41, 5.74) is -4.73. The van der Waals surface area contributed by atoms with Crippen molar-refractivity contribution in [1.82, 2.24) is 0 Å². The fourth-order valence-corrected chi connectivity index (χ4v) is 7.46. The van der Waals surface area contributed by atoms with Gasteiger partial charge in [0.25, 0.3) is 0 Å². The van der Waals surface area contributed by atoms with Crippen LogP contribution < -0.4 is 14.2 Å². The first-order valence-corrected chi connectivity index (χ1v) is 17.6. The first-order chi connectivity index (χ1) is 28.6. The molecule has 0 atom stereocenters. The largest absolute Gasteiger partial charge is 0.424 e. The van der Waals surface area contributed by atoms with E-state index in [0.29, 0.717) is 0 Å². The molecule has 21 heteroatoms. The van der Waals surface area contributed by atoms with Crippen molar-refractivity contribution >= 4 is 38.0 Å². The van der Waals surface area contributed by atoms with Crippen molar-refractivity contribution in [3.63, 3.8) is 0 Å². The number of halogens is 15. The van der Waals surface area contributed by atoms with Gasteiger partial charge < -0.3 is 14.2 Å². The van der Waals surface area contributed by atoms with Gasteiger partial charge >= 0.3 is 20.9 Å². The zero-order valence-electron chi connectivity index (χ0n) is 30.0. The molecule has 0 unspecified atom stereocenters. The number of nitrogens with zero attached hydrogens (tertiary/aromatic N) is 3. The molecule has 3 nitrogen and oxygen atoms in total. The molecule has 0 aliphatic carbocycles. The van der Waals surface area contributed by atoms with Crippen LogP contribution in [0.25, 0.3) is 0 Å². The van der Waals surface area contributed by atoms with E-state index in [2.05, 4.69) is 0 Å². The third kappa shape index (κ3) is 7.06. The summed E-state index contributed by atoms with van der Waals surface area (Å²) < 4.78 is 230. The molecule has 7 rings (SSSR count). The van der Waals surface area contributed by atoms with Gasteiger partial charge in [0.2, 0.25) is 17.5 Å². The number of rotatable bonds is 9. The van der Waals surface area contributed by atoms with Crippen molar-refractivity contribution in [2.24, 2.45) is 0 Å². The van der Waals surface area contributed by atoms with Crippen LogP contribution in [0.3, 0.4) is 0 Å². The Hall–Kier alpha value is -6.14. The van der Waals surface area contributed by atoms with Crippen molar-refractivity contribution in [2.75, 3.05) is 14.2 Å². The lowest BCUT2D eigenvalue weighted by molar-refractivity contribution is 0.372. The molecule has 60 heavy (non-hydrogen) atoms. The molecular formula is C39H21B3F15N3. The van der Waals surface area contributed by atoms with Crippen LogP contribution >= 0.6 is 0 Å². The number of benzene rings is 6. The molecule has 0 bridgehead atoms. The second-order valence-electron chi connectivity index (χ2n) is 13.4. The van der Waals surface area contributed by atoms with E-state index in [1.165, 1.54) is 91.0 Å². The maximum Gasteiger partial charge on any atom is 0.357 e. The van der Waals surface area contributed by atoms with Crippen molar-refractivity contribution in [3.8, 4) is 0 Å². The van der Waals surface area contributed by atoms with Crippen LogP contribution in [-0.4, -0.2) is 20.9 Å². The van der Waals surface area contributed by atoms with Gasteiger partial charge in [0.15, 0.2) is 69.8 Å². The summed E-state index contributed by atoms with van der Waals surface area (Å²) in [7, 11) is 0. The SMILES string of the molecule is Fc1c(F)c(F)c(CB2N(c3ccccc3)B(Cc3c(F)c(F)c(F)c(F)c3F)N(c3ccccc3)B(Cc3c(F)c(F)c(F)c(F)c3F)N2c2ccccc2)c(F)c1F. The molecule has 1 aliphatic rings. The van der Waals surface area contributed by atoms with Crippen LogP contribution in [0.1, 0.15) is 16.7 Å². The average Bonchev–Trinajstić information content (AvgIpc) is 3.27. The Balaban J connectivity index is 1.62. The summed E-state index contributed by atoms with van der Waals surface area (Å²) in [5, 5.41) is 0. The third-order valence-corrected chi connectivity index (χ3v) is 10.2. The van der Waals surface area contributed by atoms with Gasteiger partial charge in [-0.1, -0.05) is 54.6 Å². The van der Waals surface area contributed by atoms with E-state index < -0.39 is 144 Å². The lowest BCUT2D eigenvalue weighted by atomic mass is 9.38. The molecule has 306 valence electrons. The van der Waals surface area contributed by atoms with E-state index in [1.54, 1.807) is 0 Å². The minimum absolute atomic E-state index is 0.0863. The Bertz CT molecular complexity index is 2210. The summed E-state index contributed by atoms with van der Waals surface area (Å²) in [6, 6.07) is 20.4. The van der Waals surface area contributed by atoms with E-state index in [9.17, 15) is 39.5 Å². The highest BCUT2D eigenvalue weighted by molar-refractivity contribution is 7.04. The van der Waals surface area contributed by atoms with Crippen LogP contribution in [0, 0.1) is 87.3 Å². The molecule has 0 saturated carbocycles. The highest BCUT2D eigenvalue weighted by Gasteiger charge is 2.55. The molecule has 0 spiro atoms. The third-order valence-electron chi connectivity index (χ3n) is 10.2. The quantitative estimate of drug-likeness (QED) is 0.0621. The standard InChI is InChI=1S/C39H21B3F15N3/c43-25-22(26(44)32(50)37(55)31(25)49)16-40-58(19-10-4-1-5-11-19)41(17-23-27(45)33(51)38(56)34(52)28(23)46)60(21-14-8-3-9-15-21)42(59(40)20-12-6-2-7-13-20)18-24-29(47)35(53)39(57)36(54)30(24)48/h1-15H,16-18H2. The number of para-hydroxylation sites is 3. The monoisotopic (exact) mass is 849 g/mol. The van der Waals surface area contributed by atoms with Crippen LogP contribution in [-0.2, 0) is 19.0 Å². The van der Waals surface area contributed by atoms with Gasteiger partial charge in [-0.15, -0.1) is 0 Å². The molecule has 1 aliphatic heterocycles. The normalized spacial score (nSPS) is 13.2. The van der Waals surface area contributed by atoms with Gasteiger partial charge in [-0.05, 0) is 55.4 Å². The number of hydrogen-bond donors (Lipinski definition) is 0. The molecule has 6 aromatic rings. The first-order valence-electron chi connectivity index (χ1n) is 17.6. The maximum absolute atomic E-state index is 15.7. The fraction of sp³-hybridized carbons (Fsp3) is 0.0769. The minimum Gasteiger partial charge on any atom is -0.424 e. The van der Waals surface area contributed by atoms with Crippen molar-refractivity contribution in [1.29, 1.82) is 0 Å². The number of hydrogen-bond acceptors (Lipinski definition) is 3. The molecule has 1 saturated heterocycles. The predicted molar refractivity (Wildman–Crippen MR) is 194 cm³/mol. The highest BCUT2D eigenvalue weighted by Crippen LogP contribution is 2.39. The van der Waals surface area contributed by atoms with Gasteiger partial charge in [0.1, 0.15) is 0 Å². The summed E-state index contributed by atoms with van der Waals surface area (Å²) in [6.07, 6.45) is -3.92. The van der Waals surface area contributed by atoms with E-state index in [4.69, 9.17) is 0 Å². The molecular weight excluding hydrogens is 828 g/mol. The Kier molecular flexibility index (Phi) is 11.5. The molecule has 6 aromatic carbocycles. The van der Waals surface area contributed by atoms with E-state index >= 15 is 26.3 Å².